The molecule has 0 bridgehead atoms. The summed E-state index contributed by atoms with van der Waals surface area (Å²) in [6.07, 6.45) is 3.37. The van der Waals surface area contributed by atoms with Crippen LogP contribution >= 0.6 is 15.9 Å². The Morgan fingerprint density at radius 2 is 2.20 bits per heavy atom. The minimum Gasteiger partial charge on any atom is -0.399 e. The van der Waals surface area contributed by atoms with Gasteiger partial charge in [0.1, 0.15) is 0 Å². The van der Waals surface area contributed by atoms with E-state index in [1.165, 1.54) is 12.5 Å². The van der Waals surface area contributed by atoms with Crippen LogP contribution in [0.4, 0.5) is 5.69 Å². The number of halogens is 1. The molecule has 1 aromatic carbocycles. The van der Waals surface area contributed by atoms with Gasteiger partial charge in [-0.05, 0) is 60.6 Å². The first-order valence-electron chi connectivity index (χ1n) is 6.65. The Balaban J connectivity index is 2.07. The zero-order valence-electron chi connectivity index (χ0n) is 11.5. The fourth-order valence-corrected chi connectivity index (χ4v) is 4.59. The molecule has 20 heavy (non-hydrogen) atoms. The zero-order chi connectivity index (χ0) is 14.8. The van der Waals surface area contributed by atoms with Crippen molar-refractivity contribution in [3.05, 3.63) is 22.7 Å². The first-order chi connectivity index (χ1) is 9.40. The molecule has 0 radical (unpaired) electrons. The number of likely N-dealkylation sites (N-methyl/N-ethyl adjacent to an activating group) is 1. The molecule has 1 aliphatic rings. The van der Waals surface area contributed by atoms with Gasteiger partial charge >= 0.3 is 0 Å². The molecule has 5 nitrogen and oxygen atoms in total. The maximum Gasteiger partial charge on any atom is 0.241 e. The average molecular weight is 362 g/mol. The number of likely N-dealkylation sites (tertiary alicyclic amines) is 1. The third kappa shape index (κ3) is 3.72. The highest BCUT2D eigenvalue weighted by molar-refractivity contribution is 9.10. The summed E-state index contributed by atoms with van der Waals surface area (Å²) in [4.78, 5) is 2.44. The van der Waals surface area contributed by atoms with Crippen molar-refractivity contribution in [2.24, 2.45) is 0 Å². The number of sulfonamides is 1. The number of rotatable bonds is 4. The number of nitrogen functional groups attached to an aromatic ring is 1. The molecule has 0 aromatic heterocycles. The van der Waals surface area contributed by atoms with Crippen molar-refractivity contribution in [1.82, 2.24) is 9.62 Å². The summed E-state index contributed by atoms with van der Waals surface area (Å²) in [6, 6.07) is 4.98. The van der Waals surface area contributed by atoms with Gasteiger partial charge in [-0.15, -0.1) is 0 Å². The molecule has 1 unspecified atom stereocenters. The summed E-state index contributed by atoms with van der Waals surface area (Å²) in [5.74, 6) is 0. The smallest absolute Gasteiger partial charge is 0.241 e. The molecule has 0 spiro atoms. The van der Waals surface area contributed by atoms with Crippen molar-refractivity contribution in [3.63, 3.8) is 0 Å². The van der Waals surface area contributed by atoms with Crippen LogP contribution in [0.1, 0.15) is 19.3 Å². The van der Waals surface area contributed by atoms with E-state index in [1.54, 1.807) is 12.1 Å². The van der Waals surface area contributed by atoms with E-state index in [4.69, 9.17) is 5.73 Å². The Morgan fingerprint density at radius 1 is 1.45 bits per heavy atom. The van der Waals surface area contributed by atoms with Crippen LogP contribution in [0.15, 0.2) is 27.6 Å². The zero-order valence-corrected chi connectivity index (χ0v) is 13.9. The molecule has 112 valence electrons. The topological polar surface area (TPSA) is 75.4 Å². The lowest BCUT2D eigenvalue weighted by molar-refractivity contribution is 0.187. The van der Waals surface area contributed by atoms with Gasteiger partial charge < -0.3 is 10.6 Å². The van der Waals surface area contributed by atoms with E-state index >= 15 is 0 Å². The highest BCUT2D eigenvalue weighted by Crippen LogP contribution is 2.24. The Hall–Kier alpha value is -0.630. The van der Waals surface area contributed by atoms with Crippen LogP contribution in [0.3, 0.4) is 0 Å². The van der Waals surface area contributed by atoms with Crippen molar-refractivity contribution in [1.29, 1.82) is 0 Å². The van der Waals surface area contributed by atoms with Crippen LogP contribution in [0.2, 0.25) is 0 Å². The molecule has 7 heteroatoms. The van der Waals surface area contributed by atoms with E-state index in [0.717, 1.165) is 19.4 Å². The lowest BCUT2D eigenvalue weighted by Crippen LogP contribution is -2.44. The summed E-state index contributed by atoms with van der Waals surface area (Å²) in [7, 11) is -1.47. The molecule has 1 aromatic rings. The summed E-state index contributed by atoms with van der Waals surface area (Å²) in [5.41, 5.74) is 6.16. The summed E-state index contributed by atoms with van der Waals surface area (Å²) < 4.78 is 27.8. The summed E-state index contributed by atoms with van der Waals surface area (Å²) >= 11 is 3.25. The maximum atomic E-state index is 12.3. The monoisotopic (exact) mass is 361 g/mol. The van der Waals surface area contributed by atoms with Crippen molar-refractivity contribution >= 4 is 31.6 Å². The number of nitrogens with one attached hydrogen (secondary N) is 1. The van der Waals surface area contributed by atoms with Crippen molar-refractivity contribution in [2.45, 2.75) is 30.2 Å². The number of nitrogens with zero attached hydrogens (tertiary/aromatic N) is 1. The fraction of sp³-hybridized carbons (Fsp3) is 0.538. The number of piperidine rings is 1. The number of hydrogen-bond acceptors (Lipinski definition) is 4. The van der Waals surface area contributed by atoms with E-state index < -0.39 is 10.0 Å². The van der Waals surface area contributed by atoms with Crippen LogP contribution in [-0.2, 0) is 10.0 Å². The Labute approximate surface area is 128 Å². The second kappa shape index (κ2) is 6.43. The SMILES string of the molecule is CN1CCCCC1CNS(=O)(=O)c1ccc(N)cc1Br. The van der Waals surface area contributed by atoms with Crippen LogP contribution < -0.4 is 10.5 Å². The fourth-order valence-electron chi connectivity index (χ4n) is 2.42. The lowest BCUT2D eigenvalue weighted by atomic mass is 10.0. The van der Waals surface area contributed by atoms with E-state index in [-0.39, 0.29) is 10.9 Å². The Bertz CT molecular complexity index is 577. The predicted molar refractivity (Wildman–Crippen MR) is 84.0 cm³/mol. The highest BCUT2D eigenvalue weighted by atomic mass is 79.9. The number of anilines is 1. The molecular formula is C13H20BrN3O2S. The second-order valence-corrected chi connectivity index (χ2v) is 7.76. The molecule has 0 saturated carbocycles. The minimum atomic E-state index is -3.51. The molecule has 1 heterocycles. The molecule has 1 aliphatic heterocycles. The van der Waals surface area contributed by atoms with Crippen molar-refractivity contribution in [3.8, 4) is 0 Å². The standard InChI is InChI=1S/C13H20BrN3O2S/c1-17-7-3-2-4-11(17)9-16-20(18,19)13-6-5-10(15)8-12(13)14/h5-6,8,11,16H,2-4,7,9,15H2,1H3. The first-order valence-corrected chi connectivity index (χ1v) is 8.93. The van der Waals surface area contributed by atoms with Gasteiger partial charge in [-0.25, -0.2) is 13.1 Å². The quantitative estimate of drug-likeness (QED) is 0.801. The Kier molecular flexibility index (Phi) is 5.06. The average Bonchev–Trinajstić information content (AvgIpc) is 2.37. The van der Waals surface area contributed by atoms with Crippen LogP contribution in [0, 0.1) is 0 Å². The minimum absolute atomic E-state index is 0.227. The van der Waals surface area contributed by atoms with Gasteiger partial charge in [-0.1, -0.05) is 6.42 Å². The predicted octanol–water partition coefficient (Wildman–Crippen LogP) is 1.79. The first kappa shape index (κ1) is 15.8. The van der Waals surface area contributed by atoms with Crippen molar-refractivity contribution < 1.29 is 8.42 Å². The molecule has 1 atom stereocenters. The van der Waals surface area contributed by atoms with Gasteiger partial charge in [-0.2, -0.15) is 0 Å². The normalized spacial score (nSPS) is 21.0. The van der Waals surface area contributed by atoms with Crippen LogP contribution in [0.5, 0.6) is 0 Å². The van der Waals surface area contributed by atoms with Gasteiger partial charge in [0.2, 0.25) is 10.0 Å². The van der Waals surface area contributed by atoms with Crippen molar-refractivity contribution in [2.75, 3.05) is 25.9 Å². The summed E-state index contributed by atoms with van der Waals surface area (Å²) in [5, 5.41) is 0. The van der Waals surface area contributed by atoms with E-state index in [1.807, 2.05) is 7.05 Å². The third-order valence-corrected chi connectivity index (χ3v) is 6.08. The van der Waals surface area contributed by atoms with E-state index in [0.29, 0.717) is 16.7 Å². The van der Waals surface area contributed by atoms with Gasteiger partial charge in [-0.3, -0.25) is 0 Å². The van der Waals surface area contributed by atoms with Gasteiger partial charge in [0.25, 0.3) is 0 Å². The van der Waals surface area contributed by atoms with E-state index in [2.05, 4.69) is 25.6 Å². The second-order valence-electron chi connectivity index (χ2n) is 5.17. The molecule has 0 aliphatic carbocycles. The van der Waals surface area contributed by atoms with Gasteiger partial charge in [0.15, 0.2) is 0 Å². The number of hydrogen-bond donors (Lipinski definition) is 2. The molecule has 1 saturated heterocycles. The number of benzene rings is 1. The highest BCUT2D eigenvalue weighted by Gasteiger charge is 2.23. The van der Waals surface area contributed by atoms with E-state index in [9.17, 15) is 8.42 Å². The van der Waals surface area contributed by atoms with Gasteiger partial charge in [0, 0.05) is 22.7 Å². The lowest BCUT2D eigenvalue weighted by Gasteiger charge is -2.32. The molecular weight excluding hydrogens is 342 g/mol. The number of nitrogens with two attached hydrogens (primary N) is 1. The largest absolute Gasteiger partial charge is 0.399 e. The molecule has 2 rings (SSSR count). The maximum absolute atomic E-state index is 12.3. The summed E-state index contributed by atoms with van der Waals surface area (Å²) in [6.45, 7) is 1.47. The third-order valence-electron chi connectivity index (χ3n) is 3.68. The molecule has 1 fully saturated rings. The van der Waals surface area contributed by atoms with Crippen LogP contribution in [0.25, 0.3) is 0 Å². The van der Waals surface area contributed by atoms with Crippen LogP contribution in [-0.4, -0.2) is 39.5 Å². The molecule has 3 N–H and O–H groups in total. The molecule has 0 amide bonds. The van der Waals surface area contributed by atoms with Gasteiger partial charge in [0.05, 0.1) is 4.90 Å². The Morgan fingerprint density at radius 3 is 2.85 bits per heavy atom.